The van der Waals surface area contributed by atoms with E-state index in [-0.39, 0.29) is 50.3 Å². The number of imide groups is 1. The molecule has 2 unspecified atom stereocenters. The van der Waals surface area contributed by atoms with Crippen LogP contribution < -0.4 is 22.1 Å². The third kappa shape index (κ3) is 18.0. The molecule has 0 saturated carbocycles. The molecule has 6 N–H and O–H groups in total. The quantitative estimate of drug-likeness (QED) is 0.0652. The van der Waals surface area contributed by atoms with E-state index in [1.807, 2.05) is 9.80 Å². The molecule has 0 aromatic rings. The van der Waals surface area contributed by atoms with Crippen molar-refractivity contribution in [1.82, 2.24) is 35.1 Å². The standard InChI is InChI=1S/C44H79N9O10/c1-41(2,3)61-34(56)10-15-44(16-11-35(57)62-42(4,5)6,17-12-36(58)63-43(7,8)9)53-39(59)37(51-28-24-49(25-29-51)22-13-32(54)47-20-18-45)38(40(53)60)52-30-26-50(27-31-52)23-14-33(55)48-21-19-46/h37-38H,10-31,45-46H2,1-9H3,(H,47,54)(H,48,55). The SMILES string of the molecule is CC(C)(C)OC(=O)CCC(CCC(=O)OC(C)(C)C)(CCC(=O)OC(C)(C)C)N1C(=O)C(N2CCN(CCC(=O)NCCN)CC2)C(N2CCN(CCC(=O)NCCN)CC2)C1=O. The molecule has 19 nitrogen and oxygen atoms in total. The van der Waals surface area contributed by atoms with Crippen LogP contribution in [0.4, 0.5) is 0 Å². The number of nitrogens with two attached hydrogens (primary N) is 2. The molecule has 360 valence electrons. The summed E-state index contributed by atoms with van der Waals surface area (Å²) in [5.74, 6) is -2.75. The molecule has 3 heterocycles. The molecule has 0 aromatic heterocycles. The lowest BCUT2D eigenvalue weighted by molar-refractivity contribution is -0.162. The van der Waals surface area contributed by atoms with Gasteiger partial charge >= 0.3 is 17.9 Å². The van der Waals surface area contributed by atoms with Crippen LogP contribution in [0.15, 0.2) is 0 Å². The van der Waals surface area contributed by atoms with Crippen molar-refractivity contribution in [2.45, 2.75) is 148 Å². The number of carbonyl (C=O) groups is 7. The number of ether oxygens (including phenoxy) is 3. The van der Waals surface area contributed by atoms with Gasteiger partial charge in [0, 0.05) is 124 Å². The van der Waals surface area contributed by atoms with Gasteiger partial charge in [-0.3, -0.25) is 48.3 Å². The topological polar surface area (TPSA) is 239 Å². The number of hydrogen-bond acceptors (Lipinski definition) is 16. The minimum atomic E-state index is -1.48. The molecule has 0 bridgehead atoms. The fourth-order valence-corrected chi connectivity index (χ4v) is 8.36. The van der Waals surface area contributed by atoms with Crippen LogP contribution in [0.25, 0.3) is 0 Å². The number of likely N-dealkylation sites (tertiary alicyclic amines) is 1. The third-order valence-electron chi connectivity index (χ3n) is 11.2. The molecule has 0 aliphatic carbocycles. The highest BCUT2D eigenvalue weighted by Crippen LogP contribution is 2.40. The van der Waals surface area contributed by atoms with Crippen molar-refractivity contribution in [3.05, 3.63) is 0 Å². The van der Waals surface area contributed by atoms with Crippen LogP contribution in [-0.4, -0.2) is 192 Å². The maximum Gasteiger partial charge on any atom is 0.306 e. The first-order valence-electron chi connectivity index (χ1n) is 22.8. The van der Waals surface area contributed by atoms with Gasteiger partial charge in [-0.1, -0.05) is 0 Å². The van der Waals surface area contributed by atoms with E-state index in [2.05, 4.69) is 20.4 Å². The lowest BCUT2D eigenvalue weighted by Gasteiger charge is -2.42. The molecule has 0 spiro atoms. The number of hydrogen-bond donors (Lipinski definition) is 4. The van der Waals surface area contributed by atoms with Gasteiger partial charge in [0.25, 0.3) is 0 Å². The van der Waals surface area contributed by atoms with Crippen molar-refractivity contribution in [3.63, 3.8) is 0 Å². The Morgan fingerprint density at radius 1 is 0.524 bits per heavy atom. The van der Waals surface area contributed by atoms with Crippen LogP contribution in [0, 0.1) is 0 Å². The number of nitrogens with zero attached hydrogens (tertiary/aromatic N) is 5. The van der Waals surface area contributed by atoms with Crippen LogP contribution in [-0.2, 0) is 47.8 Å². The van der Waals surface area contributed by atoms with Gasteiger partial charge < -0.3 is 46.1 Å². The summed E-state index contributed by atoms with van der Waals surface area (Å²) in [6, 6.07) is -1.82. The zero-order valence-electron chi connectivity index (χ0n) is 39.7. The Morgan fingerprint density at radius 2 is 0.825 bits per heavy atom. The van der Waals surface area contributed by atoms with E-state index in [9.17, 15) is 24.0 Å². The van der Waals surface area contributed by atoms with E-state index in [4.69, 9.17) is 25.7 Å². The molecular weight excluding hydrogens is 815 g/mol. The van der Waals surface area contributed by atoms with Crippen molar-refractivity contribution in [3.8, 4) is 0 Å². The summed E-state index contributed by atoms with van der Waals surface area (Å²) in [6.45, 7) is 22.2. The molecule has 0 aromatic carbocycles. The molecule has 3 aliphatic heterocycles. The minimum absolute atomic E-state index is 0.0651. The van der Waals surface area contributed by atoms with E-state index in [1.54, 1.807) is 62.3 Å². The Bertz CT molecular complexity index is 1420. The Balaban J connectivity index is 2.05. The molecular formula is C44H79N9O10. The first-order valence-corrected chi connectivity index (χ1v) is 22.8. The zero-order valence-corrected chi connectivity index (χ0v) is 39.7. The second kappa shape index (κ2) is 24.0. The predicted molar refractivity (Wildman–Crippen MR) is 237 cm³/mol. The van der Waals surface area contributed by atoms with Gasteiger partial charge in [-0.05, 0) is 81.6 Å². The monoisotopic (exact) mass is 894 g/mol. The summed E-state index contributed by atoms with van der Waals surface area (Å²) in [4.78, 5) is 105. The third-order valence-corrected chi connectivity index (χ3v) is 11.2. The van der Waals surface area contributed by atoms with Gasteiger partial charge in [0.05, 0.1) is 5.54 Å². The smallest absolute Gasteiger partial charge is 0.306 e. The predicted octanol–water partition coefficient (Wildman–Crippen LogP) is 0.362. The highest BCUT2D eigenvalue weighted by Gasteiger charge is 2.59. The maximum atomic E-state index is 15.4. The number of carbonyl (C=O) groups excluding carboxylic acids is 7. The molecule has 19 heteroatoms. The van der Waals surface area contributed by atoms with Crippen molar-refractivity contribution in [1.29, 1.82) is 0 Å². The molecule has 2 atom stereocenters. The van der Waals surface area contributed by atoms with Crippen LogP contribution in [0.5, 0.6) is 0 Å². The summed E-state index contributed by atoms with van der Waals surface area (Å²) in [7, 11) is 0. The molecule has 63 heavy (non-hydrogen) atoms. The van der Waals surface area contributed by atoms with E-state index < -0.39 is 64.1 Å². The highest BCUT2D eigenvalue weighted by atomic mass is 16.6. The highest BCUT2D eigenvalue weighted by molar-refractivity contribution is 6.10. The maximum absolute atomic E-state index is 15.4. The van der Waals surface area contributed by atoms with Gasteiger partial charge in [0.1, 0.15) is 28.9 Å². The number of esters is 3. The lowest BCUT2D eigenvalue weighted by Crippen LogP contribution is -2.61. The second-order valence-corrected chi connectivity index (χ2v) is 19.9. The van der Waals surface area contributed by atoms with Gasteiger partial charge in [-0.25, -0.2) is 0 Å². The zero-order chi connectivity index (χ0) is 47.2. The Hall–Kier alpha value is -3.75. The normalized spacial score (nSPS) is 20.1. The number of piperazine rings is 2. The first-order chi connectivity index (χ1) is 29.4. The summed E-state index contributed by atoms with van der Waals surface area (Å²) in [6.07, 6.45) is -0.180. The molecule has 3 aliphatic rings. The largest absolute Gasteiger partial charge is 0.460 e. The summed E-state index contributed by atoms with van der Waals surface area (Å²) in [5, 5.41) is 5.59. The van der Waals surface area contributed by atoms with Gasteiger partial charge in [-0.2, -0.15) is 0 Å². The van der Waals surface area contributed by atoms with Gasteiger partial charge in [0.2, 0.25) is 23.6 Å². The van der Waals surface area contributed by atoms with E-state index in [1.165, 1.54) is 4.90 Å². The number of rotatable bonds is 22. The van der Waals surface area contributed by atoms with Crippen molar-refractivity contribution in [2.24, 2.45) is 11.5 Å². The molecule has 3 saturated heterocycles. The van der Waals surface area contributed by atoms with Gasteiger partial charge in [-0.15, -0.1) is 0 Å². The first kappa shape index (κ1) is 53.6. The Kier molecular flexibility index (Phi) is 20.4. The Morgan fingerprint density at radius 3 is 1.10 bits per heavy atom. The lowest BCUT2D eigenvalue weighted by atomic mass is 9.81. The molecule has 4 amide bonds. The molecule has 3 fully saturated rings. The number of nitrogens with one attached hydrogen (secondary N) is 2. The number of amides is 4. The van der Waals surface area contributed by atoms with Crippen LogP contribution in [0.1, 0.15) is 114 Å². The van der Waals surface area contributed by atoms with Crippen LogP contribution >= 0.6 is 0 Å². The summed E-state index contributed by atoms with van der Waals surface area (Å²) in [5.41, 5.74) is 7.17. The van der Waals surface area contributed by atoms with Crippen molar-refractivity contribution >= 4 is 41.5 Å². The summed E-state index contributed by atoms with van der Waals surface area (Å²) < 4.78 is 17.1. The average molecular weight is 894 g/mol. The van der Waals surface area contributed by atoms with E-state index >= 15 is 9.59 Å². The molecule has 3 rings (SSSR count). The van der Waals surface area contributed by atoms with Crippen molar-refractivity contribution < 1.29 is 47.8 Å². The van der Waals surface area contributed by atoms with E-state index in [0.29, 0.717) is 104 Å². The average Bonchev–Trinajstić information content (AvgIpc) is 3.45. The second-order valence-electron chi connectivity index (χ2n) is 19.9. The fourth-order valence-electron chi connectivity index (χ4n) is 8.36. The summed E-state index contributed by atoms with van der Waals surface area (Å²) >= 11 is 0. The van der Waals surface area contributed by atoms with E-state index in [0.717, 1.165) is 0 Å². The van der Waals surface area contributed by atoms with Crippen LogP contribution in [0.2, 0.25) is 0 Å². The van der Waals surface area contributed by atoms with Gasteiger partial charge in [0.15, 0.2) is 0 Å². The fraction of sp³-hybridized carbons (Fsp3) is 0.841. The van der Waals surface area contributed by atoms with Crippen LogP contribution in [0.3, 0.4) is 0 Å². The van der Waals surface area contributed by atoms with Crippen molar-refractivity contribution in [2.75, 3.05) is 91.6 Å². The minimum Gasteiger partial charge on any atom is -0.460 e. The Labute approximate surface area is 374 Å². The molecule has 0 radical (unpaired) electrons.